The zero-order valence-electron chi connectivity index (χ0n) is 10.6. The normalized spacial score (nSPS) is 46.4. The number of rotatable bonds is 3. The molecule has 1 aliphatic carbocycles. The van der Waals surface area contributed by atoms with E-state index in [2.05, 4.69) is 0 Å². The van der Waals surface area contributed by atoms with Gasteiger partial charge in [0.05, 0.1) is 18.3 Å². The van der Waals surface area contributed by atoms with Crippen molar-refractivity contribution in [2.75, 3.05) is 0 Å². The second kappa shape index (κ2) is 5.18. The van der Waals surface area contributed by atoms with E-state index in [9.17, 15) is 20.1 Å². The van der Waals surface area contributed by atoms with Crippen molar-refractivity contribution in [1.82, 2.24) is 0 Å². The first-order chi connectivity index (χ1) is 8.82. The molecule has 0 unspecified atom stereocenters. The molecule has 2 aliphatic rings. The number of amides is 1. The zero-order valence-corrected chi connectivity index (χ0v) is 10.6. The molecule has 108 valence electrons. The summed E-state index contributed by atoms with van der Waals surface area (Å²) in [6.45, 7) is 1.63. The van der Waals surface area contributed by atoms with Crippen molar-refractivity contribution < 1.29 is 29.6 Å². The van der Waals surface area contributed by atoms with Crippen molar-refractivity contribution in [3.05, 3.63) is 12.2 Å². The second-order valence-electron chi connectivity index (χ2n) is 5.09. The predicted octanol–water partition coefficient (Wildman–Crippen LogP) is -1.60. The average Bonchev–Trinajstić information content (AvgIpc) is 2.69. The Bertz CT molecular complexity index is 374. The van der Waals surface area contributed by atoms with E-state index < -0.39 is 42.2 Å². The molecule has 0 bridgehead atoms. The van der Waals surface area contributed by atoms with E-state index >= 15 is 0 Å². The highest BCUT2D eigenvalue weighted by atomic mass is 16.7. The summed E-state index contributed by atoms with van der Waals surface area (Å²) in [4.78, 5) is 11.1. The third-order valence-electron chi connectivity index (χ3n) is 3.53. The second-order valence-corrected chi connectivity index (χ2v) is 5.09. The summed E-state index contributed by atoms with van der Waals surface area (Å²) >= 11 is 0. The summed E-state index contributed by atoms with van der Waals surface area (Å²) in [6.07, 6.45) is -0.631. The quantitative estimate of drug-likeness (QED) is 0.460. The van der Waals surface area contributed by atoms with Crippen molar-refractivity contribution in [1.29, 1.82) is 0 Å². The Morgan fingerprint density at radius 2 is 2.21 bits per heavy atom. The number of carbonyl (C=O) groups excluding carboxylic acids is 1. The molecule has 1 fully saturated rings. The van der Waals surface area contributed by atoms with E-state index in [4.69, 9.17) is 15.2 Å². The number of hydrogen-bond acceptors (Lipinski definition) is 6. The standard InChI is InChI=1S/C12H19NO6/c1-6-10(15)8(14)4-9(18-6)19-7-2-3-12(17,5-7)11(13)16/h2-3,6-10,14-15,17H,4-5H2,1H3,(H2,13,16)/t6-,7+,8-,9+,10-,12-/m1/s1. The van der Waals surface area contributed by atoms with Crippen LogP contribution in [0.5, 0.6) is 0 Å². The third-order valence-corrected chi connectivity index (χ3v) is 3.53. The zero-order chi connectivity index (χ0) is 14.2. The van der Waals surface area contributed by atoms with Gasteiger partial charge in [0.1, 0.15) is 6.10 Å². The molecule has 0 aromatic heterocycles. The number of hydrogen-bond donors (Lipinski definition) is 4. The maximum atomic E-state index is 11.1. The fourth-order valence-corrected chi connectivity index (χ4v) is 2.29. The number of carbonyl (C=O) groups is 1. The van der Waals surface area contributed by atoms with E-state index in [1.807, 2.05) is 0 Å². The molecule has 1 amide bonds. The number of aliphatic hydroxyl groups is 3. The fraction of sp³-hybridized carbons (Fsp3) is 0.750. The van der Waals surface area contributed by atoms with Gasteiger partial charge in [-0.2, -0.15) is 0 Å². The van der Waals surface area contributed by atoms with Crippen LogP contribution in [-0.2, 0) is 14.3 Å². The Hall–Kier alpha value is -0.990. The molecule has 7 nitrogen and oxygen atoms in total. The lowest BCUT2D eigenvalue weighted by Gasteiger charge is -2.36. The van der Waals surface area contributed by atoms with Crippen LogP contribution in [0.4, 0.5) is 0 Å². The maximum absolute atomic E-state index is 11.1. The Morgan fingerprint density at radius 1 is 1.53 bits per heavy atom. The lowest BCUT2D eigenvalue weighted by Crippen LogP contribution is -2.48. The number of primary amides is 1. The molecule has 7 heteroatoms. The van der Waals surface area contributed by atoms with Crippen LogP contribution in [0.3, 0.4) is 0 Å². The largest absolute Gasteiger partial charge is 0.390 e. The van der Waals surface area contributed by atoms with Crippen molar-refractivity contribution in [3.8, 4) is 0 Å². The summed E-state index contributed by atoms with van der Waals surface area (Å²) in [7, 11) is 0. The first kappa shape index (κ1) is 14.4. The smallest absolute Gasteiger partial charge is 0.253 e. The van der Waals surface area contributed by atoms with E-state index in [1.54, 1.807) is 6.92 Å². The predicted molar refractivity (Wildman–Crippen MR) is 63.7 cm³/mol. The van der Waals surface area contributed by atoms with E-state index in [1.165, 1.54) is 12.2 Å². The van der Waals surface area contributed by atoms with Crippen LogP contribution in [0.15, 0.2) is 12.2 Å². The van der Waals surface area contributed by atoms with Gasteiger partial charge in [0.2, 0.25) is 0 Å². The summed E-state index contributed by atoms with van der Waals surface area (Å²) in [5, 5.41) is 29.0. The number of ether oxygens (including phenoxy) is 2. The van der Waals surface area contributed by atoms with Gasteiger partial charge >= 0.3 is 0 Å². The summed E-state index contributed by atoms with van der Waals surface area (Å²) in [5.74, 6) is -0.830. The van der Waals surface area contributed by atoms with Crippen molar-refractivity contribution >= 4 is 5.91 Å². The minimum Gasteiger partial charge on any atom is -0.390 e. The van der Waals surface area contributed by atoms with Crippen LogP contribution < -0.4 is 5.73 Å². The van der Waals surface area contributed by atoms with Gasteiger partial charge in [-0.15, -0.1) is 0 Å². The molecule has 19 heavy (non-hydrogen) atoms. The molecular weight excluding hydrogens is 254 g/mol. The molecule has 2 rings (SSSR count). The highest BCUT2D eigenvalue weighted by Gasteiger charge is 2.41. The first-order valence-electron chi connectivity index (χ1n) is 6.20. The Morgan fingerprint density at radius 3 is 2.74 bits per heavy atom. The van der Waals surface area contributed by atoms with Crippen LogP contribution in [0.2, 0.25) is 0 Å². The summed E-state index contributed by atoms with van der Waals surface area (Å²) in [6, 6.07) is 0. The molecule has 0 aromatic rings. The molecule has 0 spiro atoms. The van der Waals surface area contributed by atoms with Crippen LogP contribution in [-0.4, -0.2) is 57.5 Å². The molecule has 1 aliphatic heterocycles. The van der Waals surface area contributed by atoms with Gasteiger partial charge in [0, 0.05) is 12.8 Å². The minimum absolute atomic E-state index is 0.0230. The van der Waals surface area contributed by atoms with Crippen molar-refractivity contribution in [2.45, 2.75) is 56.1 Å². The highest BCUT2D eigenvalue weighted by molar-refractivity contribution is 5.86. The van der Waals surface area contributed by atoms with Crippen LogP contribution >= 0.6 is 0 Å². The van der Waals surface area contributed by atoms with Gasteiger partial charge in [-0.3, -0.25) is 4.79 Å². The molecule has 1 heterocycles. The Labute approximate surface area is 110 Å². The van der Waals surface area contributed by atoms with Crippen molar-refractivity contribution in [3.63, 3.8) is 0 Å². The molecule has 0 saturated carbocycles. The SMILES string of the molecule is C[C@H]1O[C@@H](O[C@H]2C=C[C@](O)(C(N)=O)C2)C[C@@H](O)[C@@H]1O. The maximum Gasteiger partial charge on any atom is 0.253 e. The van der Waals surface area contributed by atoms with E-state index in [-0.39, 0.29) is 12.8 Å². The number of nitrogens with two attached hydrogens (primary N) is 1. The lowest BCUT2D eigenvalue weighted by atomic mass is 10.0. The Kier molecular flexibility index (Phi) is 3.93. The summed E-state index contributed by atoms with van der Waals surface area (Å²) in [5.41, 5.74) is 3.40. The van der Waals surface area contributed by atoms with Crippen molar-refractivity contribution in [2.24, 2.45) is 5.73 Å². The van der Waals surface area contributed by atoms with Gasteiger partial charge in [-0.05, 0) is 13.0 Å². The highest BCUT2D eigenvalue weighted by Crippen LogP contribution is 2.28. The number of aliphatic hydroxyl groups excluding tert-OH is 2. The van der Waals surface area contributed by atoms with Gasteiger partial charge in [-0.1, -0.05) is 6.08 Å². The van der Waals surface area contributed by atoms with Gasteiger partial charge in [0.25, 0.3) is 5.91 Å². The molecule has 0 radical (unpaired) electrons. The van der Waals surface area contributed by atoms with Gasteiger partial charge in [-0.25, -0.2) is 0 Å². The molecule has 5 N–H and O–H groups in total. The molecule has 1 saturated heterocycles. The minimum atomic E-state index is -1.69. The third kappa shape index (κ3) is 2.96. The molecule has 0 aromatic carbocycles. The Balaban J connectivity index is 1.90. The first-order valence-corrected chi connectivity index (χ1v) is 6.20. The molecule has 6 atom stereocenters. The summed E-state index contributed by atoms with van der Waals surface area (Å²) < 4.78 is 10.9. The fourth-order valence-electron chi connectivity index (χ4n) is 2.29. The van der Waals surface area contributed by atoms with E-state index in [0.29, 0.717) is 0 Å². The lowest BCUT2D eigenvalue weighted by molar-refractivity contribution is -0.255. The van der Waals surface area contributed by atoms with Crippen LogP contribution in [0, 0.1) is 0 Å². The monoisotopic (exact) mass is 273 g/mol. The van der Waals surface area contributed by atoms with Crippen LogP contribution in [0.25, 0.3) is 0 Å². The van der Waals surface area contributed by atoms with Gasteiger partial charge in [0.15, 0.2) is 11.9 Å². The topological polar surface area (TPSA) is 122 Å². The average molecular weight is 273 g/mol. The van der Waals surface area contributed by atoms with E-state index in [0.717, 1.165) is 0 Å². The molecular formula is C12H19NO6. The van der Waals surface area contributed by atoms with Gasteiger partial charge < -0.3 is 30.5 Å². The van der Waals surface area contributed by atoms with Crippen LogP contribution in [0.1, 0.15) is 19.8 Å².